The summed E-state index contributed by atoms with van der Waals surface area (Å²) >= 11 is 0. The molecule has 0 atom stereocenters. The lowest BCUT2D eigenvalue weighted by Crippen LogP contribution is -2.41. The second kappa shape index (κ2) is 7.54. The van der Waals surface area contributed by atoms with Gasteiger partial charge in [0.05, 0.1) is 13.1 Å². The number of nitrogens with zero attached hydrogens (tertiary/aromatic N) is 1. The fourth-order valence-electron chi connectivity index (χ4n) is 1.61. The van der Waals surface area contributed by atoms with Crippen LogP contribution in [0.15, 0.2) is 18.2 Å². The molecule has 0 saturated heterocycles. The lowest BCUT2D eigenvalue weighted by atomic mass is 10.3. The van der Waals surface area contributed by atoms with Gasteiger partial charge < -0.3 is 15.5 Å². The molecule has 2 N–H and O–H groups in total. The monoisotopic (exact) mass is 285 g/mol. The molecule has 110 valence electrons. The third-order valence-corrected chi connectivity index (χ3v) is 2.62. The van der Waals surface area contributed by atoms with Gasteiger partial charge in [0, 0.05) is 6.54 Å². The fourth-order valence-corrected chi connectivity index (χ4v) is 1.61. The summed E-state index contributed by atoms with van der Waals surface area (Å²) in [7, 11) is 1.61. The van der Waals surface area contributed by atoms with Gasteiger partial charge in [-0.1, -0.05) is 6.07 Å². The van der Waals surface area contributed by atoms with Crippen LogP contribution in [0.2, 0.25) is 0 Å². The highest BCUT2D eigenvalue weighted by Gasteiger charge is 2.17. The van der Waals surface area contributed by atoms with E-state index in [2.05, 4.69) is 10.6 Å². The van der Waals surface area contributed by atoms with Crippen LogP contribution in [0.3, 0.4) is 0 Å². The molecule has 20 heavy (non-hydrogen) atoms. The molecule has 7 heteroatoms. The van der Waals surface area contributed by atoms with E-state index in [4.69, 9.17) is 0 Å². The van der Waals surface area contributed by atoms with Crippen molar-refractivity contribution in [1.29, 1.82) is 0 Å². The Hall–Kier alpha value is -2.02. The molecule has 0 saturated carbocycles. The number of nitrogens with one attached hydrogen (secondary N) is 2. The summed E-state index contributed by atoms with van der Waals surface area (Å²) in [5.74, 6) is -2.63. The number of hydrogen-bond donors (Lipinski definition) is 2. The summed E-state index contributed by atoms with van der Waals surface area (Å²) in [5, 5.41) is 4.82. The van der Waals surface area contributed by atoms with Crippen molar-refractivity contribution in [2.24, 2.45) is 0 Å². The Morgan fingerprint density at radius 1 is 1.25 bits per heavy atom. The third kappa shape index (κ3) is 4.27. The summed E-state index contributed by atoms with van der Waals surface area (Å²) in [4.78, 5) is 24.6. The van der Waals surface area contributed by atoms with E-state index >= 15 is 0 Å². The average molecular weight is 285 g/mol. The van der Waals surface area contributed by atoms with Crippen molar-refractivity contribution in [2.75, 3.05) is 32.0 Å². The first-order valence-corrected chi connectivity index (χ1v) is 6.15. The Balaban J connectivity index is 2.69. The van der Waals surface area contributed by atoms with E-state index in [-0.39, 0.29) is 19.0 Å². The molecule has 1 aromatic carbocycles. The van der Waals surface area contributed by atoms with Gasteiger partial charge in [0.25, 0.3) is 0 Å². The van der Waals surface area contributed by atoms with E-state index in [1.807, 2.05) is 0 Å². The first-order valence-electron chi connectivity index (χ1n) is 6.15. The second-order valence-electron chi connectivity index (χ2n) is 4.08. The topological polar surface area (TPSA) is 61.4 Å². The maximum atomic E-state index is 13.4. The van der Waals surface area contributed by atoms with Crippen molar-refractivity contribution in [3.63, 3.8) is 0 Å². The van der Waals surface area contributed by atoms with Gasteiger partial charge in [-0.15, -0.1) is 0 Å². The smallest absolute Gasteiger partial charge is 0.244 e. The largest absolute Gasteiger partial charge is 0.333 e. The lowest BCUT2D eigenvalue weighted by molar-refractivity contribution is -0.133. The van der Waals surface area contributed by atoms with Gasteiger partial charge >= 0.3 is 0 Å². The minimum atomic E-state index is -0.858. The number of anilines is 1. The molecule has 0 unspecified atom stereocenters. The molecule has 1 aromatic rings. The molecule has 0 heterocycles. The molecule has 0 spiro atoms. The Kier molecular flexibility index (Phi) is 6.05. The van der Waals surface area contributed by atoms with Crippen LogP contribution in [0, 0.1) is 11.6 Å². The summed E-state index contributed by atoms with van der Waals surface area (Å²) in [5.41, 5.74) is -0.505. The molecule has 0 aliphatic carbocycles. The van der Waals surface area contributed by atoms with Gasteiger partial charge in [0.15, 0.2) is 0 Å². The van der Waals surface area contributed by atoms with E-state index in [1.165, 1.54) is 11.0 Å². The Morgan fingerprint density at radius 3 is 2.35 bits per heavy atom. The number of amides is 2. The molecule has 1 rings (SSSR count). The van der Waals surface area contributed by atoms with Gasteiger partial charge in [-0.2, -0.15) is 0 Å². The Bertz CT molecular complexity index is 474. The highest BCUT2D eigenvalue weighted by atomic mass is 19.1. The molecule has 0 aliphatic rings. The van der Waals surface area contributed by atoms with E-state index in [9.17, 15) is 18.4 Å². The minimum Gasteiger partial charge on any atom is -0.333 e. The van der Waals surface area contributed by atoms with Crippen molar-refractivity contribution in [3.8, 4) is 0 Å². The van der Waals surface area contributed by atoms with Crippen LogP contribution in [0.1, 0.15) is 6.92 Å². The molecule has 0 fully saturated rings. The standard InChI is InChI=1S/C13H17F2N3O2/c1-3-18(12(20)7-16-2)8-11(19)17-13-9(14)5-4-6-10(13)15/h4-6,16H,3,7-8H2,1-2H3,(H,17,19). The first kappa shape index (κ1) is 16.0. The predicted molar refractivity (Wildman–Crippen MR) is 71.2 cm³/mol. The Morgan fingerprint density at radius 2 is 1.85 bits per heavy atom. The van der Waals surface area contributed by atoms with Crippen molar-refractivity contribution in [1.82, 2.24) is 10.2 Å². The van der Waals surface area contributed by atoms with Crippen LogP contribution in [-0.2, 0) is 9.59 Å². The van der Waals surface area contributed by atoms with E-state index in [1.54, 1.807) is 14.0 Å². The molecule has 5 nitrogen and oxygen atoms in total. The van der Waals surface area contributed by atoms with E-state index in [0.29, 0.717) is 6.54 Å². The zero-order valence-electron chi connectivity index (χ0n) is 11.4. The van der Waals surface area contributed by atoms with Crippen molar-refractivity contribution in [2.45, 2.75) is 6.92 Å². The van der Waals surface area contributed by atoms with Gasteiger partial charge in [0.2, 0.25) is 11.8 Å². The third-order valence-electron chi connectivity index (χ3n) is 2.62. The molecule has 0 radical (unpaired) electrons. The number of hydrogen-bond acceptors (Lipinski definition) is 3. The van der Waals surface area contributed by atoms with Gasteiger partial charge in [-0.25, -0.2) is 8.78 Å². The summed E-state index contributed by atoms with van der Waals surface area (Å²) in [6.07, 6.45) is 0. The maximum absolute atomic E-state index is 13.4. The van der Waals surface area contributed by atoms with E-state index in [0.717, 1.165) is 12.1 Å². The molecule has 0 aliphatic heterocycles. The number of likely N-dealkylation sites (N-methyl/N-ethyl adjacent to an activating group) is 2. The average Bonchev–Trinajstić information content (AvgIpc) is 2.40. The van der Waals surface area contributed by atoms with Crippen LogP contribution in [-0.4, -0.2) is 43.4 Å². The van der Waals surface area contributed by atoms with Gasteiger partial charge in [-0.3, -0.25) is 9.59 Å². The lowest BCUT2D eigenvalue weighted by Gasteiger charge is -2.20. The van der Waals surface area contributed by atoms with Crippen LogP contribution < -0.4 is 10.6 Å². The number of benzene rings is 1. The van der Waals surface area contributed by atoms with Crippen molar-refractivity contribution < 1.29 is 18.4 Å². The SMILES string of the molecule is CCN(CC(=O)Nc1c(F)cccc1F)C(=O)CNC. The zero-order valence-corrected chi connectivity index (χ0v) is 11.4. The molecule has 2 amide bonds. The number of rotatable bonds is 6. The number of para-hydroxylation sites is 1. The fraction of sp³-hybridized carbons (Fsp3) is 0.385. The van der Waals surface area contributed by atoms with Crippen LogP contribution >= 0.6 is 0 Å². The van der Waals surface area contributed by atoms with Crippen LogP contribution in [0.4, 0.5) is 14.5 Å². The molecular formula is C13H17F2N3O2. The molecular weight excluding hydrogens is 268 g/mol. The minimum absolute atomic E-state index is 0.0924. The van der Waals surface area contributed by atoms with Crippen LogP contribution in [0.25, 0.3) is 0 Å². The molecule has 0 bridgehead atoms. The normalized spacial score (nSPS) is 10.2. The van der Waals surface area contributed by atoms with Crippen molar-refractivity contribution in [3.05, 3.63) is 29.8 Å². The van der Waals surface area contributed by atoms with E-state index < -0.39 is 23.2 Å². The second-order valence-corrected chi connectivity index (χ2v) is 4.08. The summed E-state index contributed by atoms with van der Waals surface area (Å²) < 4.78 is 26.7. The van der Waals surface area contributed by atoms with Crippen molar-refractivity contribution >= 4 is 17.5 Å². The van der Waals surface area contributed by atoms with Gasteiger partial charge in [-0.05, 0) is 26.1 Å². The zero-order chi connectivity index (χ0) is 15.1. The number of carbonyl (C=O) groups excluding carboxylic acids is 2. The highest BCUT2D eigenvalue weighted by molar-refractivity contribution is 5.94. The first-order chi connectivity index (χ1) is 9.49. The summed E-state index contributed by atoms with van der Waals surface area (Å²) in [6, 6.07) is 3.29. The number of carbonyl (C=O) groups is 2. The molecule has 0 aromatic heterocycles. The predicted octanol–water partition coefficient (Wildman–Crippen LogP) is 0.971. The number of halogens is 2. The maximum Gasteiger partial charge on any atom is 0.244 e. The quantitative estimate of drug-likeness (QED) is 0.819. The Labute approximate surface area is 115 Å². The van der Waals surface area contributed by atoms with Gasteiger partial charge in [0.1, 0.15) is 17.3 Å². The highest BCUT2D eigenvalue weighted by Crippen LogP contribution is 2.17. The van der Waals surface area contributed by atoms with Crippen LogP contribution in [0.5, 0.6) is 0 Å². The summed E-state index contributed by atoms with van der Waals surface area (Å²) in [6.45, 7) is 1.87.